The number of hydrogen-bond acceptors (Lipinski definition) is 4. The van der Waals surface area contributed by atoms with Crippen LogP contribution in [0, 0.1) is 11.8 Å². The van der Waals surface area contributed by atoms with Gasteiger partial charge in [-0.15, -0.1) is 11.8 Å². The summed E-state index contributed by atoms with van der Waals surface area (Å²) in [5, 5.41) is 0.475. The minimum Gasteiger partial charge on any atom is -0.368 e. The molecule has 3 rings (SSSR count). The second-order valence-electron chi connectivity index (χ2n) is 7.19. The molecule has 0 aromatic heterocycles. The fraction of sp³-hybridized carbons (Fsp3) is 0.684. The Hall–Kier alpha value is -0.550. The molecule has 0 spiro atoms. The smallest absolute Gasteiger partial charge is 0.0961 e. The van der Waals surface area contributed by atoms with Crippen molar-refractivity contribution >= 4 is 11.8 Å². The van der Waals surface area contributed by atoms with E-state index in [1.165, 1.54) is 24.2 Å². The van der Waals surface area contributed by atoms with Crippen LogP contribution in [0.25, 0.3) is 0 Å². The van der Waals surface area contributed by atoms with Gasteiger partial charge < -0.3 is 16.2 Å². The lowest BCUT2D eigenvalue weighted by Gasteiger charge is -2.22. The normalized spacial score (nSPS) is 27.4. The maximum atomic E-state index is 6.38. The highest BCUT2D eigenvalue weighted by Gasteiger charge is 2.44. The van der Waals surface area contributed by atoms with Crippen LogP contribution in [0.3, 0.4) is 0 Å². The standard InChI is InChI=1S/C19H30N2OS/c1-13(23-16-5-3-2-4-6-16)19-18(22-19)11-15(12-20)17(21)10-9-14-7-8-14/h2-6,13-15,17-19H,7-12,20-21H2,1H3. The third-order valence-electron chi connectivity index (χ3n) is 5.20. The SMILES string of the molecule is CC(Sc1ccccc1)C1OC1CC(CN)C(N)CCC1CC1. The van der Waals surface area contributed by atoms with Crippen LogP contribution >= 0.6 is 11.8 Å². The van der Waals surface area contributed by atoms with Crippen molar-refractivity contribution in [2.24, 2.45) is 23.3 Å². The Morgan fingerprint density at radius 1 is 1.26 bits per heavy atom. The predicted molar refractivity (Wildman–Crippen MR) is 97.5 cm³/mol. The number of hydrogen-bond donors (Lipinski definition) is 2. The highest BCUT2D eigenvalue weighted by atomic mass is 32.2. The maximum absolute atomic E-state index is 6.38. The molecule has 4 heteroatoms. The van der Waals surface area contributed by atoms with Crippen molar-refractivity contribution in [3.8, 4) is 0 Å². The molecule has 3 nitrogen and oxygen atoms in total. The summed E-state index contributed by atoms with van der Waals surface area (Å²) in [6, 6.07) is 10.8. The molecular weight excluding hydrogens is 304 g/mol. The molecule has 2 aliphatic rings. The van der Waals surface area contributed by atoms with Crippen LogP contribution in [0.15, 0.2) is 35.2 Å². The molecule has 1 saturated carbocycles. The molecule has 1 aliphatic heterocycles. The van der Waals surface area contributed by atoms with Crippen molar-refractivity contribution in [3.05, 3.63) is 30.3 Å². The summed E-state index contributed by atoms with van der Waals surface area (Å²) in [7, 11) is 0. The predicted octanol–water partition coefficient (Wildman–Crippen LogP) is 3.42. The second-order valence-corrected chi connectivity index (χ2v) is 8.64. The Kier molecular flexibility index (Phi) is 6.02. The lowest BCUT2D eigenvalue weighted by molar-refractivity contribution is 0.305. The summed E-state index contributed by atoms with van der Waals surface area (Å²) in [5.41, 5.74) is 12.4. The molecule has 5 unspecified atom stereocenters. The molecule has 1 aliphatic carbocycles. The zero-order chi connectivity index (χ0) is 16.2. The van der Waals surface area contributed by atoms with Gasteiger partial charge in [0.25, 0.3) is 0 Å². The summed E-state index contributed by atoms with van der Waals surface area (Å²) >= 11 is 1.90. The average Bonchev–Trinajstić information content (AvgIpc) is 3.46. The Bertz CT molecular complexity index is 480. The fourth-order valence-electron chi connectivity index (χ4n) is 3.35. The van der Waals surface area contributed by atoms with Crippen molar-refractivity contribution in [2.75, 3.05) is 6.54 Å². The quantitative estimate of drug-likeness (QED) is 0.508. The lowest BCUT2D eigenvalue weighted by atomic mass is 9.90. The van der Waals surface area contributed by atoms with E-state index in [0.29, 0.717) is 29.9 Å². The van der Waals surface area contributed by atoms with E-state index < -0.39 is 0 Å². The summed E-state index contributed by atoms with van der Waals surface area (Å²) in [6.07, 6.45) is 6.94. The van der Waals surface area contributed by atoms with E-state index in [1.54, 1.807) is 0 Å². The topological polar surface area (TPSA) is 64.6 Å². The molecule has 5 atom stereocenters. The van der Waals surface area contributed by atoms with E-state index in [-0.39, 0.29) is 6.04 Å². The highest BCUT2D eigenvalue weighted by molar-refractivity contribution is 8.00. The van der Waals surface area contributed by atoms with Crippen LogP contribution in [0.2, 0.25) is 0 Å². The van der Waals surface area contributed by atoms with E-state index in [0.717, 1.165) is 18.8 Å². The van der Waals surface area contributed by atoms with E-state index in [2.05, 4.69) is 37.3 Å². The minimum absolute atomic E-state index is 0.238. The molecule has 0 radical (unpaired) electrons. The van der Waals surface area contributed by atoms with Gasteiger partial charge in [-0.3, -0.25) is 0 Å². The molecule has 1 aromatic carbocycles. The monoisotopic (exact) mass is 334 g/mol. The number of rotatable bonds is 10. The van der Waals surface area contributed by atoms with Gasteiger partial charge in [0.05, 0.1) is 12.2 Å². The van der Waals surface area contributed by atoms with Gasteiger partial charge in [0.2, 0.25) is 0 Å². The highest BCUT2D eigenvalue weighted by Crippen LogP contribution is 2.40. The van der Waals surface area contributed by atoms with Crippen molar-refractivity contribution in [1.82, 2.24) is 0 Å². The molecule has 1 aromatic rings. The van der Waals surface area contributed by atoms with Crippen molar-refractivity contribution in [1.29, 1.82) is 0 Å². The van der Waals surface area contributed by atoms with E-state index in [1.807, 2.05) is 11.8 Å². The molecule has 23 heavy (non-hydrogen) atoms. The molecule has 2 fully saturated rings. The number of benzene rings is 1. The van der Waals surface area contributed by atoms with Gasteiger partial charge in [-0.05, 0) is 49.8 Å². The molecule has 1 heterocycles. The third kappa shape index (κ3) is 5.21. The number of ether oxygens (including phenoxy) is 1. The maximum Gasteiger partial charge on any atom is 0.0961 e. The van der Waals surface area contributed by atoms with Gasteiger partial charge in [-0.2, -0.15) is 0 Å². The minimum atomic E-state index is 0.238. The zero-order valence-electron chi connectivity index (χ0n) is 14.1. The molecule has 1 saturated heterocycles. The van der Waals surface area contributed by atoms with Crippen LogP contribution in [-0.4, -0.2) is 30.0 Å². The van der Waals surface area contributed by atoms with E-state index >= 15 is 0 Å². The number of nitrogens with two attached hydrogens (primary N) is 2. The largest absolute Gasteiger partial charge is 0.368 e. The summed E-state index contributed by atoms with van der Waals surface area (Å²) < 4.78 is 5.94. The van der Waals surface area contributed by atoms with E-state index in [4.69, 9.17) is 16.2 Å². The van der Waals surface area contributed by atoms with Crippen LogP contribution < -0.4 is 11.5 Å². The summed E-state index contributed by atoms with van der Waals surface area (Å²) in [4.78, 5) is 1.31. The van der Waals surface area contributed by atoms with Crippen LogP contribution in [-0.2, 0) is 4.74 Å². The van der Waals surface area contributed by atoms with Gasteiger partial charge in [-0.25, -0.2) is 0 Å². The van der Waals surface area contributed by atoms with Crippen molar-refractivity contribution in [2.45, 2.75) is 67.4 Å². The number of epoxide rings is 1. The average molecular weight is 335 g/mol. The zero-order valence-corrected chi connectivity index (χ0v) is 14.9. The van der Waals surface area contributed by atoms with E-state index in [9.17, 15) is 0 Å². The number of thioether (sulfide) groups is 1. The first-order chi connectivity index (χ1) is 11.2. The molecule has 128 valence electrons. The summed E-state index contributed by atoms with van der Waals surface area (Å²) in [5.74, 6) is 1.35. The third-order valence-corrected chi connectivity index (χ3v) is 6.38. The van der Waals surface area contributed by atoms with Gasteiger partial charge in [0.15, 0.2) is 0 Å². The van der Waals surface area contributed by atoms with Crippen molar-refractivity contribution < 1.29 is 4.74 Å². The Labute approximate surface area is 144 Å². The van der Waals surface area contributed by atoms with Crippen LogP contribution in [0.4, 0.5) is 0 Å². The second kappa shape index (κ2) is 8.02. The van der Waals surface area contributed by atoms with Crippen molar-refractivity contribution in [3.63, 3.8) is 0 Å². The van der Waals surface area contributed by atoms with Crippen LogP contribution in [0.5, 0.6) is 0 Å². The Morgan fingerprint density at radius 2 is 2.00 bits per heavy atom. The molecule has 4 N–H and O–H groups in total. The van der Waals surface area contributed by atoms with Gasteiger partial charge >= 0.3 is 0 Å². The molecule has 0 amide bonds. The fourth-order valence-corrected chi connectivity index (χ4v) is 4.47. The Morgan fingerprint density at radius 3 is 2.65 bits per heavy atom. The first kappa shape index (κ1) is 17.3. The first-order valence-electron chi connectivity index (χ1n) is 9.00. The van der Waals surface area contributed by atoms with Gasteiger partial charge in [0.1, 0.15) is 0 Å². The lowest BCUT2D eigenvalue weighted by Crippen LogP contribution is -2.36. The Balaban J connectivity index is 1.41. The first-order valence-corrected chi connectivity index (χ1v) is 9.88. The molecular formula is C19H30N2OS. The van der Waals surface area contributed by atoms with Gasteiger partial charge in [-0.1, -0.05) is 38.0 Å². The van der Waals surface area contributed by atoms with Crippen LogP contribution in [0.1, 0.15) is 39.0 Å². The van der Waals surface area contributed by atoms with Gasteiger partial charge in [0, 0.05) is 16.2 Å². The molecule has 0 bridgehead atoms. The summed E-state index contributed by atoms with van der Waals surface area (Å²) in [6.45, 7) is 2.94.